The minimum absolute atomic E-state index is 0.0926. The van der Waals surface area contributed by atoms with Gasteiger partial charge in [-0.25, -0.2) is 4.98 Å². The molecule has 5 nitrogen and oxygen atoms in total. The Morgan fingerprint density at radius 2 is 2.00 bits per heavy atom. The van der Waals surface area contributed by atoms with Crippen molar-refractivity contribution in [2.24, 2.45) is 0 Å². The summed E-state index contributed by atoms with van der Waals surface area (Å²) in [5.74, 6) is -4.32. The molecule has 1 aromatic rings. The van der Waals surface area contributed by atoms with Gasteiger partial charge in [0.25, 0.3) is 0 Å². The van der Waals surface area contributed by atoms with Crippen LogP contribution in [0.4, 0.5) is 0 Å². The number of aromatic nitrogens is 1. The van der Waals surface area contributed by atoms with E-state index in [1.54, 1.807) is 0 Å². The number of carboxylic acid groups (broad SMARTS) is 2. The van der Waals surface area contributed by atoms with Gasteiger partial charge >= 0.3 is 11.9 Å². The van der Waals surface area contributed by atoms with Crippen LogP contribution in [-0.2, 0) is 9.59 Å². The zero-order valence-corrected chi connectivity index (χ0v) is 6.61. The molecular formula is C6H5NO4S. The third kappa shape index (κ3) is 1.59. The molecular weight excluding hydrogens is 182 g/mol. The van der Waals surface area contributed by atoms with E-state index in [2.05, 4.69) is 4.98 Å². The van der Waals surface area contributed by atoms with Crippen LogP contribution >= 0.6 is 11.3 Å². The Hall–Kier alpha value is -1.43. The highest BCUT2D eigenvalue weighted by Crippen LogP contribution is 2.18. The standard InChI is InChI=1S/C6H5NO4S/c8-5(9)3(6(10)11)4-7-1-2-12-4/h1-3H,(H,8,9)(H,10,11). The predicted molar refractivity (Wildman–Crippen MR) is 40.1 cm³/mol. The lowest BCUT2D eigenvalue weighted by Crippen LogP contribution is -2.20. The molecule has 0 aromatic carbocycles. The first-order valence-corrected chi connectivity index (χ1v) is 3.86. The molecule has 0 amide bonds. The number of hydrogen-bond acceptors (Lipinski definition) is 4. The van der Waals surface area contributed by atoms with Gasteiger partial charge in [0.2, 0.25) is 5.92 Å². The maximum absolute atomic E-state index is 10.4. The van der Waals surface area contributed by atoms with Crippen LogP contribution in [0.1, 0.15) is 10.9 Å². The average molecular weight is 187 g/mol. The molecule has 0 radical (unpaired) electrons. The summed E-state index contributed by atoms with van der Waals surface area (Å²) in [7, 11) is 0. The highest BCUT2D eigenvalue weighted by molar-refractivity contribution is 7.09. The van der Waals surface area contributed by atoms with Crippen LogP contribution in [0.15, 0.2) is 11.6 Å². The Morgan fingerprint density at radius 1 is 1.42 bits per heavy atom. The monoisotopic (exact) mass is 187 g/mol. The van der Waals surface area contributed by atoms with Gasteiger partial charge in [0.1, 0.15) is 5.01 Å². The van der Waals surface area contributed by atoms with Crippen LogP contribution in [0.2, 0.25) is 0 Å². The van der Waals surface area contributed by atoms with E-state index in [4.69, 9.17) is 10.2 Å². The molecule has 0 bridgehead atoms. The van der Waals surface area contributed by atoms with Gasteiger partial charge < -0.3 is 10.2 Å². The highest BCUT2D eigenvalue weighted by Gasteiger charge is 2.29. The highest BCUT2D eigenvalue weighted by atomic mass is 32.1. The molecule has 0 fully saturated rings. The molecule has 0 unspecified atom stereocenters. The van der Waals surface area contributed by atoms with Crippen molar-refractivity contribution in [3.8, 4) is 0 Å². The van der Waals surface area contributed by atoms with Crippen LogP contribution in [0.3, 0.4) is 0 Å². The lowest BCUT2D eigenvalue weighted by molar-refractivity contribution is -0.150. The molecule has 0 aliphatic heterocycles. The second-order valence-electron chi connectivity index (χ2n) is 1.98. The normalized spacial score (nSPS) is 10.1. The molecule has 0 aliphatic rings. The fourth-order valence-electron chi connectivity index (χ4n) is 0.694. The predicted octanol–water partition coefficient (Wildman–Crippen LogP) is 0.396. The second-order valence-corrected chi connectivity index (χ2v) is 2.91. The number of thiazole rings is 1. The maximum Gasteiger partial charge on any atom is 0.325 e. The number of nitrogens with zero attached hydrogens (tertiary/aromatic N) is 1. The topological polar surface area (TPSA) is 87.5 Å². The zero-order chi connectivity index (χ0) is 9.14. The van der Waals surface area contributed by atoms with Crippen LogP contribution in [0, 0.1) is 0 Å². The molecule has 64 valence electrons. The van der Waals surface area contributed by atoms with Crippen LogP contribution in [0.5, 0.6) is 0 Å². The molecule has 1 aromatic heterocycles. The van der Waals surface area contributed by atoms with Gasteiger partial charge in [-0.2, -0.15) is 0 Å². The van der Waals surface area contributed by atoms with E-state index in [0.29, 0.717) is 0 Å². The lowest BCUT2D eigenvalue weighted by Gasteiger charge is -2.01. The second kappa shape index (κ2) is 3.31. The summed E-state index contributed by atoms with van der Waals surface area (Å²) in [5, 5.41) is 18.6. The van der Waals surface area contributed by atoms with Gasteiger partial charge in [-0.3, -0.25) is 9.59 Å². The summed E-state index contributed by atoms with van der Waals surface area (Å²) in [6, 6.07) is 0. The minimum atomic E-state index is -1.54. The molecule has 0 spiro atoms. The molecule has 0 saturated carbocycles. The van der Waals surface area contributed by atoms with Crippen molar-refractivity contribution in [3.63, 3.8) is 0 Å². The Morgan fingerprint density at radius 3 is 2.33 bits per heavy atom. The smallest absolute Gasteiger partial charge is 0.325 e. The zero-order valence-electron chi connectivity index (χ0n) is 5.80. The number of carbonyl (C=O) groups is 2. The fraction of sp³-hybridized carbons (Fsp3) is 0.167. The third-order valence-corrected chi connectivity index (χ3v) is 2.03. The molecule has 0 atom stereocenters. The fourth-order valence-corrected chi connectivity index (χ4v) is 1.41. The van der Waals surface area contributed by atoms with Gasteiger partial charge in [0.15, 0.2) is 0 Å². The largest absolute Gasteiger partial charge is 0.480 e. The van der Waals surface area contributed by atoms with Crippen molar-refractivity contribution in [3.05, 3.63) is 16.6 Å². The molecule has 2 N–H and O–H groups in total. The minimum Gasteiger partial charge on any atom is -0.480 e. The molecule has 1 rings (SSSR count). The van der Waals surface area contributed by atoms with E-state index >= 15 is 0 Å². The van der Waals surface area contributed by atoms with Gasteiger partial charge in [-0.1, -0.05) is 0 Å². The number of carboxylic acids is 2. The number of hydrogen-bond donors (Lipinski definition) is 2. The van der Waals surface area contributed by atoms with Gasteiger partial charge in [0.05, 0.1) is 0 Å². The average Bonchev–Trinajstić information content (AvgIpc) is 2.37. The van der Waals surface area contributed by atoms with Gasteiger partial charge in [-0.05, 0) is 0 Å². The number of rotatable bonds is 3. The Bertz CT molecular complexity index is 281. The molecule has 12 heavy (non-hydrogen) atoms. The molecule has 0 saturated heterocycles. The van der Waals surface area contributed by atoms with E-state index in [1.807, 2.05) is 0 Å². The van der Waals surface area contributed by atoms with E-state index in [0.717, 1.165) is 11.3 Å². The van der Waals surface area contributed by atoms with E-state index in [1.165, 1.54) is 11.6 Å². The molecule has 0 aliphatic carbocycles. The van der Waals surface area contributed by atoms with Crippen molar-refractivity contribution >= 4 is 23.3 Å². The van der Waals surface area contributed by atoms with Gasteiger partial charge in [-0.15, -0.1) is 11.3 Å². The van der Waals surface area contributed by atoms with Crippen LogP contribution in [0.25, 0.3) is 0 Å². The van der Waals surface area contributed by atoms with Crippen molar-refractivity contribution in [1.29, 1.82) is 0 Å². The summed E-state index contributed by atoms with van der Waals surface area (Å²) in [6.45, 7) is 0. The Balaban J connectivity index is 2.96. The van der Waals surface area contributed by atoms with E-state index in [9.17, 15) is 9.59 Å². The summed E-state index contributed by atoms with van der Waals surface area (Å²) >= 11 is 1.01. The SMILES string of the molecule is O=C(O)C(C(=O)O)c1nccs1. The van der Waals surface area contributed by atoms with Crippen LogP contribution in [-0.4, -0.2) is 27.1 Å². The summed E-state index contributed by atoms with van der Waals surface area (Å²) in [5.41, 5.74) is 0. The summed E-state index contributed by atoms with van der Waals surface area (Å²) < 4.78 is 0. The van der Waals surface area contributed by atoms with Crippen molar-refractivity contribution in [2.75, 3.05) is 0 Å². The summed E-state index contributed by atoms with van der Waals surface area (Å²) in [4.78, 5) is 24.5. The third-order valence-electron chi connectivity index (χ3n) is 1.19. The first-order valence-electron chi connectivity index (χ1n) is 2.98. The van der Waals surface area contributed by atoms with Crippen molar-refractivity contribution in [1.82, 2.24) is 4.98 Å². The van der Waals surface area contributed by atoms with E-state index < -0.39 is 17.9 Å². The maximum atomic E-state index is 10.4. The quantitative estimate of drug-likeness (QED) is 0.668. The van der Waals surface area contributed by atoms with Gasteiger partial charge in [0, 0.05) is 11.6 Å². The Labute approximate surface area is 71.3 Å². The van der Waals surface area contributed by atoms with Crippen molar-refractivity contribution in [2.45, 2.75) is 5.92 Å². The lowest BCUT2D eigenvalue weighted by atomic mass is 10.2. The first-order chi connectivity index (χ1) is 5.63. The van der Waals surface area contributed by atoms with E-state index in [-0.39, 0.29) is 5.01 Å². The Kier molecular flexibility index (Phi) is 2.39. The summed E-state index contributed by atoms with van der Waals surface area (Å²) in [6.07, 6.45) is 1.37. The first kappa shape index (κ1) is 8.66. The molecule has 1 heterocycles. The van der Waals surface area contributed by atoms with Crippen molar-refractivity contribution < 1.29 is 19.8 Å². The molecule has 6 heteroatoms. The number of aliphatic carboxylic acids is 2. The van der Waals surface area contributed by atoms with Crippen LogP contribution < -0.4 is 0 Å².